The van der Waals surface area contributed by atoms with Crippen LogP contribution in [0, 0.1) is 5.92 Å². The molecule has 2 amide bonds. The van der Waals surface area contributed by atoms with Crippen molar-refractivity contribution in [2.24, 2.45) is 5.92 Å². The molecule has 7 nitrogen and oxygen atoms in total. The lowest BCUT2D eigenvalue weighted by molar-refractivity contribution is -0.158. The van der Waals surface area contributed by atoms with Crippen molar-refractivity contribution in [2.75, 3.05) is 25.1 Å². The molecule has 1 heterocycles. The summed E-state index contributed by atoms with van der Waals surface area (Å²) < 4.78 is 10.5. The van der Waals surface area contributed by atoms with Crippen LogP contribution < -0.4 is 15.0 Å². The second kappa shape index (κ2) is 8.32. The average molecular weight is 346 g/mol. The fourth-order valence-electron chi connectivity index (χ4n) is 2.59. The zero-order chi connectivity index (χ0) is 18.4. The van der Waals surface area contributed by atoms with E-state index in [1.807, 2.05) is 0 Å². The molecule has 0 aliphatic carbocycles. The molecule has 1 aliphatic rings. The summed E-state index contributed by atoms with van der Waals surface area (Å²) in [5.74, 6) is -1.21. The van der Waals surface area contributed by atoms with E-state index in [9.17, 15) is 14.4 Å². The van der Waals surface area contributed by atoms with Crippen LogP contribution >= 0.6 is 0 Å². The Bertz CT molecular complexity index is 673. The number of anilines is 1. The first kappa shape index (κ1) is 18.5. The molecule has 0 aromatic heterocycles. The van der Waals surface area contributed by atoms with Crippen molar-refractivity contribution in [1.82, 2.24) is 5.32 Å². The lowest BCUT2D eigenvalue weighted by Crippen LogP contribution is -2.37. The summed E-state index contributed by atoms with van der Waals surface area (Å²) in [7, 11) is 1.52. The zero-order valence-electron chi connectivity index (χ0n) is 14.4. The van der Waals surface area contributed by atoms with Crippen molar-refractivity contribution in [3.63, 3.8) is 0 Å². The monoisotopic (exact) mass is 346 g/mol. The van der Waals surface area contributed by atoms with E-state index >= 15 is 0 Å². The minimum Gasteiger partial charge on any atom is -0.495 e. The molecular formula is C18H22N2O5. The Kier molecular flexibility index (Phi) is 6.16. The van der Waals surface area contributed by atoms with Crippen LogP contribution in [0.2, 0.25) is 0 Å². The molecule has 0 bridgehead atoms. The van der Waals surface area contributed by atoms with E-state index in [2.05, 4.69) is 11.9 Å². The molecule has 1 fully saturated rings. The smallest absolute Gasteiger partial charge is 0.312 e. The highest BCUT2D eigenvalue weighted by atomic mass is 16.5. The van der Waals surface area contributed by atoms with Gasteiger partial charge in [-0.1, -0.05) is 18.2 Å². The van der Waals surface area contributed by atoms with Crippen LogP contribution in [0.25, 0.3) is 0 Å². The van der Waals surface area contributed by atoms with Gasteiger partial charge in [0, 0.05) is 19.5 Å². The molecule has 1 N–H and O–H groups in total. The summed E-state index contributed by atoms with van der Waals surface area (Å²) >= 11 is 0. The fourth-order valence-corrected chi connectivity index (χ4v) is 2.59. The minimum absolute atomic E-state index is 0.0396. The van der Waals surface area contributed by atoms with Gasteiger partial charge in [-0.15, -0.1) is 6.58 Å². The summed E-state index contributed by atoms with van der Waals surface area (Å²) in [6.45, 7) is 5.48. The van der Waals surface area contributed by atoms with Crippen LogP contribution in [0.5, 0.6) is 5.75 Å². The van der Waals surface area contributed by atoms with Gasteiger partial charge >= 0.3 is 5.97 Å². The van der Waals surface area contributed by atoms with Crippen molar-refractivity contribution < 1.29 is 23.9 Å². The molecule has 2 atom stereocenters. The van der Waals surface area contributed by atoms with Gasteiger partial charge in [-0.3, -0.25) is 14.4 Å². The number of hydrogen-bond donors (Lipinski definition) is 1. The molecule has 1 aliphatic heterocycles. The maximum Gasteiger partial charge on any atom is 0.312 e. The van der Waals surface area contributed by atoms with Crippen molar-refractivity contribution in [3.05, 3.63) is 36.9 Å². The molecule has 1 saturated heterocycles. The van der Waals surface area contributed by atoms with Gasteiger partial charge in [-0.05, 0) is 19.1 Å². The Morgan fingerprint density at radius 3 is 2.84 bits per heavy atom. The van der Waals surface area contributed by atoms with Gasteiger partial charge in [-0.25, -0.2) is 0 Å². The van der Waals surface area contributed by atoms with E-state index < -0.39 is 23.9 Å². The van der Waals surface area contributed by atoms with Crippen molar-refractivity contribution >= 4 is 23.5 Å². The molecule has 1 aromatic rings. The van der Waals surface area contributed by atoms with Gasteiger partial charge in [0.05, 0.1) is 18.7 Å². The third-order valence-electron chi connectivity index (χ3n) is 3.92. The maximum atomic E-state index is 12.3. The normalized spacial score (nSPS) is 17.8. The van der Waals surface area contributed by atoms with Crippen LogP contribution in [-0.4, -0.2) is 44.1 Å². The van der Waals surface area contributed by atoms with E-state index in [4.69, 9.17) is 9.47 Å². The molecule has 25 heavy (non-hydrogen) atoms. The van der Waals surface area contributed by atoms with Crippen LogP contribution in [0.4, 0.5) is 5.69 Å². The van der Waals surface area contributed by atoms with Crippen LogP contribution in [0.15, 0.2) is 36.9 Å². The van der Waals surface area contributed by atoms with Crippen molar-refractivity contribution in [2.45, 2.75) is 19.4 Å². The molecular weight excluding hydrogens is 324 g/mol. The minimum atomic E-state index is -0.928. The number of carbonyl (C=O) groups is 3. The Labute approximate surface area is 146 Å². The Morgan fingerprint density at radius 2 is 2.16 bits per heavy atom. The van der Waals surface area contributed by atoms with E-state index in [1.165, 1.54) is 25.0 Å². The van der Waals surface area contributed by atoms with E-state index in [0.717, 1.165) is 0 Å². The number of nitrogens with one attached hydrogen (secondary N) is 1. The fraction of sp³-hybridized carbons (Fsp3) is 0.389. The Hall–Kier alpha value is -2.83. The van der Waals surface area contributed by atoms with Gasteiger partial charge in [0.1, 0.15) is 5.75 Å². The Balaban J connectivity index is 2.00. The number of benzene rings is 1. The van der Waals surface area contributed by atoms with E-state index in [1.54, 1.807) is 24.3 Å². The number of hydrogen-bond acceptors (Lipinski definition) is 5. The summed E-state index contributed by atoms with van der Waals surface area (Å²) in [6, 6.07) is 7.11. The SMILES string of the molecule is C=CCNC(=O)[C@@H](C)OC(=O)[C@@H]1CC(=O)N(c2ccccc2OC)C1. The number of nitrogens with zero attached hydrogens (tertiary/aromatic N) is 1. The molecule has 134 valence electrons. The van der Waals surface area contributed by atoms with Crippen LogP contribution in [0.1, 0.15) is 13.3 Å². The lowest BCUT2D eigenvalue weighted by atomic mass is 10.1. The third-order valence-corrected chi connectivity index (χ3v) is 3.92. The van der Waals surface area contributed by atoms with Gasteiger partial charge < -0.3 is 19.7 Å². The van der Waals surface area contributed by atoms with E-state index in [-0.39, 0.29) is 18.9 Å². The standard InChI is InChI=1S/C18H22N2O5/c1-4-9-19-17(22)12(2)25-18(23)13-10-16(21)20(11-13)14-7-5-6-8-15(14)24-3/h4-8,12-13H,1,9-11H2,2-3H3,(H,19,22)/t12-,13-/m1/s1. The highest BCUT2D eigenvalue weighted by Crippen LogP contribution is 2.33. The average Bonchev–Trinajstić information content (AvgIpc) is 3.01. The maximum absolute atomic E-state index is 12.3. The number of ether oxygens (including phenoxy) is 2. The number of amides is 2. The number of para-hydroxylation sites is 2. The number of rotatable bonds is 7. The summed E-state index contributed by atoms with van der Waals surface area (Å²) in [6.07, 6.45) is 0.647. The molecule has 7 heteroatoms. The van der Waals surface area contributed by atoms with Crippen molar-refractivity contribution in [1.29, 1.82) is 0 Å². The highest BCUT2D eigenvalue weighted by molar-refractivity contribution is 6.00. The van der Waals surface area contributed by atoms with Crippen LogP contribution in [0.3, 0.4) is 0 Å². The van der Waals surface area contributed by atoms with Crippen LogP contribution in [-0.2, 0) is 19.1 Å². The first-order chi connectivity index (χ1) is 12.0. The third kappa shape index (κ3) is 4.37. The quantitative estimate of drug-likeness (QED) is 0.594. The second-order valence-corrected chi connectivity index (χ2v) is 5.69. The second-order valence-electron chi connectivity index (χ2n) is 5.69. The molecule has 1 aromatic carbocycles. The molecule has 0 unspecified atom stereocenters. The molecule has 0 saturated carbocycles. The largest absolute Gasteiger partial charge is 0.495 e. The Morgan fingerprint density at radius 1 is 1.44 bits per heavy atom. The van der Waals surface area contributed by atoms with Gasteiger partial charge in [0.15, 0.2) is 6.10 Å². The number of carbonyl (C=O) groups excluding carboxylic acids is 3. The first-order valence-corrected chi connectivity index (χ1v) is 8.00. The summed E-state index contributed by atoms with van der Waals surface area (Å²) in [4.78, 5) is 37.8. The van der Waals surface area contributed by atoms with Gasteiger partial charge in [0.2, 0.25) is 5.91 Å². The number of esters is 1. The topological polar surface area (TPSA) is 84.9 Å². The molecule has 0 spiro atoms. The highest BCUT2D eigenvalue weighted by Gasteiger charge is 2.38. The van der Waals surface area contributed by atoms with E-state index in [0.29, 0.717) is 18.0 Å². The lowest BCUT2D eigenvalue weighted by Gasteiger charge is -2.19. The number of methoxy groups -OCH3 is 1. The molecule has 0 radical (unpaired) electrons. The van der Waals surface area contributed by atoms with Crippen molar-refractivity contribution in [3.8, 4) is 5.75 Å². The van der Waals surface area contributed by atoms with Gasteiger partial charge in [0.25, 0.3) is 5.91 Å². The van der Waals surface area contributed by atoms with Gasteiger partial charge in [-0.2, -0.15) is 0 Å². The molecule has 2 rings (SSSR count). The summed E-state index contributed by atoms with van der Waals surface area (Å²) in [5.41, 5.74) is 0.613. The summed E-state index contributed by atoms with van der Waals surface area (Å²) in [5, 5.41) is 2.56. The first-order valence-electron chi connectivity index (χ1n) is 8.00. The zero-order valence-corrected chi connectivity index (χ0v) is 14.4. The predicted molar refractivity (Wildman–Crippen MR) is 92.2 cm³/mol. The predicted octanol–water partition coefficient (Wildman–Crippen LogP) is 1.28.